The largest absolute Gasteiger partial charge is 0.310 e. The lowest BCUT2D eigenvalue weighted by Gasteiger charge is -2.42. The summed E-state index contributed by atoms with van der Waals surface area (Å²) in [4.78, 5) is 0. The summed E-state index contributed by atoms with van der Waals surface area (Å²) < 4.78 is 5.03. The summed E-state index contributed by atoms with van der Waals surface area (Å²) in [5.74, 6) is 0. The first-order valence-electron chi connectivity index (χ1n) is 16.3. The van der Waals surface area contributed by atoms with Gasteiger partial charge in [-0.15, -0.1) is 0 Å². The monoisotopic (exact) mass is 584 g/mol. The molecule has 9 aromatic rings. The van der Waals surface area contributed by atoms with Gasteiger partial charge in [-0.25, -0.2) is 0 Å². The van der Waals surface area contributed by atoms with Crippen LogP contribution in [0, 0.1) is 0 Å². The molecule has 0 saturated heterocycles. The van der Waals surface area contributed by atoms with Gasteiger partial charge in [-0.1, -0.05) is 116 Å². The molecule has 2 aliphatic heterocycles. The summed E-state index contributed by atoms with van der Waals surface area (Å²) in [7, 11) is 0. The van der Waals surface area contributed by atoms with Gasteiger partial charge in [-0.05, 0) is 75.3 Å². The molecule has 3 heteroatoms. The molecule has 0 aliphatic carbocycles. The summed E-state index contributed by atoms with van der Waals surface area (Å²) in [5.41, 5.74) is 14.7. The van der Waals surface area contributed by atoms with E-state index in [0.29, 0.717) is 0 Å². The molecule has 0 spiro atoms. The van der Waals surface area contributed by atoms with Crippen LogP contribution < -0.4 is 16.4 Å². The Morgan fingerprint density at radius 1 is 0.522 bits per heavy atom. The van der Waals surface area contributed by atoms with Crippen LogP contribution in [0.1, 0.15) is 25.0 Å². The zero-order valence-electron chi connectivity index (χ0n) is 25.8. The van der Waals surface area contributed by atoms with Crippen molar-refractivity contribution in [2.75, 3.05) is 0 Å². The maximum atomic E-state index is 2.57. The number of nitrogens with zero attached hydrogens (tertiary/aromatic N) is 2. The van der Waals surface area contributed by atoms with Crippen molar-refractivity contribution in [1.29, 1.82) is 0 Å². The minimum atomic E-state index is -0.205. The minimum absolute atomic E-state index is 0.160. The van der Waals surface area contributed by atoms with E-state index in [1.54, 1.807) is 0 Å². The summed E-state index contributed by atoms with van der Waals surface area (Å²) in [6.45, 7) is 5.05. The van der Waals surface area contributed by atoms with Gasteiger partial charge in [0.15, 0.2) is 0 Å². The molecule has 0 N–H and O–H groups in total. The van der Waals surface area contributed by atoms with Crippen LogP contribution in [0.25, 0.3) is 65.8 Å². The first kappa shape index (κ1) is 24.7. The molecule has 0 bridgehead atoms. The lowest BCUT2D eigenvalue weighted by atomic mass is 9.30. The highest BCUT2D eigenvalue weighted by atomic mass is 15.0. The molecule has 214 valence electrons. The number of hydrogen-bond acceptors (Lipinski definition) is 0. The molecule has 46 heavy (non-hydrogen) atoms. The van der Waals surface area contributed by atoms with Crippen molar-refractivity contribution < 1.29 is 0 Å². The molecule has 0 fully saturated rings. The second-order valence-electron chi connectivity index (χ2n) is 13.7. The second-order valence-corrected chi connectivity index (χ2v) is 13.7. The number of benzene rings is 7. The number of hydrogen-bond donors (Lipinski definition) is 0. The van der Waals surface area contributed by atoms with Gasteiger partial charge in [0.2, 0.25) is 6.71 Å². The van der Waals surface area contributed by atoms with Gasteiger partial charge in [-0.2, -0.15) is 0 Å². The zero-order valence-corrected chi connectivity index (χ0v) is 25.8. The molecular weight excluding hydrogens is 555 g/mol. The number of fused-ring (bicyclic) bond motifs is 12. The van der Waals surface area contributed by atoms with Crippen LogP contribution in [-0.2, 0) is 5.41 Å². The molecule has 11 rings (SSSR count). The van der Waals surface area contributed by atoms with Crippen LogP contribution in [0.5, 0.6) is 0 Å². The van der Waals surface area contributed by atoms with E-state index in [1.807, 2.05) is 0 Å². The Morgan fingerprint density at radius 2 is 1.26 bits per heavy atom. The van der Waals surface area contributed by atoms with E-state index in [-0.39, 0.29) is 12.1 Å². The fourth-order valence-corrected chi connectivity index (χ4v) is 9.32. The third-order valence-electron chi connectivity index (χ3n) is 11.1. The highest BCUT2D eigenvalue weighted by Gasteiger charge is 2.46. The third-order valence-corrected chi connectivity index (χ3v) is 11.1. The Morgan fingerprint density at radius 3 is 2.13 bits per heavy atom. The van der Waals surface area contributed by atoms with Crippen molar-refractivity contribution in [2.24, 2.45) is 0 Å². The van der Waals surface area contributed by atoms with Crippen LogP contribution in [0.2, 0.25) is 0 Å². The average molecular weight is 585 g/mol. The van der Waals surface area contributed by atoms with E-state index in [1.165, 1.54) is 93.3 Å². The predicted octanol–water partition coefficient (Wildman–Crippen LogP) is 8.50. The van der Waals surface area contributed by atoms with Gasteiger partial charge >= 0.3 is 0 Å². The van der Waals surface area contributed by atoms with Crippen LogP contribution in [-0.4, -0.2) is 15.8 Å². The Labute approximate surface area is 267 Å². The minimum Gasteiger partial charge on any atom is -0.310 e. The lowest BCUT2D eigenvalue weighted by Crippen LogP contribution is -2.63. The first-order chi connectivity index (χ1) is 22.6. The van der Waals surface area contributed by atoms with E-state index >= 15 is 0 Å². The molecule has 4 heterocycles. The Bertz CT molecular complexity index is 2780. The van der Waals surface area contributed by atoms with Crippen molar-refractivity contribution in [3.63, 3.8) is 0 Å². The molecule has 2 aromatic heterocycles. The van der Waals surface area contributed by atoms with E-state index < -0.39 is 0 Å². The molecule has 2 nitrogen and oxygen atoms in total. The van der Waals surface area contributed by atoms with E-state index in [0.717, 1.165) is 0 Å². The van der Waals surface area contributed by atoms with E-state index in [4.69, 9.17) is 0 Å². The van der Waals surface area contributed by atoms with Gasteiger partial charge in [0.1, 0.15) is 0 Å². The molecule has 2 aliphatic rings. The van der Waals surface area contributed by atoms with Crippen LogP contribution in [0.15, 0.2) is 140 Å². The van der Waals surface area contributed by atoms with Crippen molar-refractivity contribution in [1.82, 2.24) is 9.13 Å². The Hall–Kier alpha value is -5.54. The number of rotatable bonds is 1. The van der Waals surface area contributed by atoms with Crippen molar-refractivity contribution in [3.8, 4) is 11.4 Å². The van der Waals surface area contributed by atoms with Gasteiger partial charge < -0.3 is 9.13 Å². The van der Waals surface area contributed by atoms with Crippen LogP contribution in [0.4, 0.5) is 0 Å². The topological polar surface area (TPSA) is 9.86 Å². The quantitative estimate of drug-likeness (QED) is 0.171. The van der Waals surface area contributed by atoms with Crippen molar-refractivity contribution in [2.45, 2.75) is 19.3 Å². The van der Waals surface area contributed by atoms with E-state index in [2.05, 4.69) is 163 Å². The number of aromatic nitrogens is 2. The Kier molecular flexibility index (Phi) is 4.51. The zero-order chi connectivity index (χ0) is 30.3. The number of para-hydroxylation sites is 3. The standard InChI is InChI=1S/C43H29BN2/c1-43(2)32-18-11-21-37-41(32)44(34-19-10-17-29-31-24-26-12-6-7-13-27(26)25-38(31)46(37)42(29)34)33-22-23-36-39(40(33)43)30-16-8-9-20-35(30)45(36)28-14-4-3-5-15-28/h3-25H,1-2H3. The molecule has 0 atom stereocenters. The maximum absolute atomic E-state index is 2.57. The normalized spacial score (nSPS) is 14.4. The fraction of sp³-hybridized carbons (Fsp3) is 0.0698. The molecule has 0 radical (unpaired) electrons. The molecular formula is C43H29BN2. The smallest absolute Gasteiger partial charge is 0.247 e. The van der Waals surface area contributed by atoms with Gasteiger partial charge in [0.05, 0.1) is 16.6 Å². The highest BCUT2D eigenvalue weighted by molar-refractivity contribution is 6.99. The lowest BCUT2D eigenvalue weighted by molar-refractivity contribution is 0.652. The molecule has 0 amide bonds. The summed E-state index contributed by atoms with van der Waals surface area (Å²) in [6.07, 6.45) is 0. The SMILES string of the molecule is CC1(C)c2cccc3c2B(c2ccc4c(c21)c1ccccc1n4-c1ccccc1)c1cccc2c4cc5ccccc5cc4n-3c12. The van der Waals surface area contributed by atoms with E-state index in [9.17, 15) is 0 Å². The molecule has 0 saturated carbocycles. The van der Waals surface area contributed by atoms with Crippen molar-refractivity contribution in [3.05, 3.63) is 151 Å². The Balaban J connectivity index is 1.32. The summed E-state index contributed by atoms with van der Waals surface area (Å²) in [5, 5.41) is 7.93. The highest BCUT2D eigenvalue weighted by Crippen LogP contribution is 2.45. The summed E-state index contributed by atoms with van der Waals surface area (Å²) >= 11 is 0. The third kappa shape index (κ3) is 2.86. The predicted molar refractivity (Wildman–Crippen MR) is 196 cm³/mol. The van der Waals surface area contributed by atoms with Gasteiger partial charge in [0, 0.05) is 43.9 Å². The van der Waals surface area contributed by atoms with Gasteiger partial charge in [0.25, 0.3) is 0 Å². The van der Waals surface area contributed by atoms with Crippen molar-refractivity contribution >= 4 is 77.5 Å². The fourth-order valence-electron chi connectivity index (χ4n) is 9.32. The summed E-state index contributed by atoms with van der Waals surface area (Å²) in [6, 6.07) is 52.2. The van der Waals surface area contributed by atoms with Crippen LogP contribution in [0.3, 0.4) is 0 Å². The maximum Gasteiger partial charge on any atom is 0.247 e. The second kappa shape index (κ2) is 8.38. The molecule has 7 aromatic carbocycles. The average Bonchev–Trinajstić information content (AvgIpc) is 3.60. The first-order valence-corrected chi connectivity index (χ1v) is 16.3. The molecule has 0 unspecified atom stereocenters. The van der Waals surface area contributed by atoms with Gasteiger partial charge in [-0.3, -0.25) is 0 Å². The van der Waals surface area contributed by atoms with Crippen LogP contribution >= 0.6 is 0 Å².